The van der Waals surface area contributed by atoms with Crippen LogP contribution in [-0.4, -0.2) is 45.3 Å². The number of carbonyl (C=O) groups excluding carboxylic acids is 2. The minimum Gasteiger partial charge on any atom is -0.463 e. The van der Waals surface area contributed by atoms with E-state index in [9.17, 15) is 9.59 Å². The number of esters is 1. The summed E-state index contributed by atoms with van der Waals surface area (Å²) in [6, 6.07) is 6.96. The number of aryl methyl sites for hydroxylation is 1. The van der Waals surface area contributed by atoms with Gasteiger partial charge >= 0.3 is 12.0 Å². The number of benzene rings is 1. The van der Waals surface area contributed by atoms with Gasteiger partial charge in [-0.3, -0.25) is 0 Å². The molecule has 0 spiro atoms. The van der Waals surface area contributed by atoms with Crippen LogP contribution in [0, 0.1) is 6.92 Å². The molecule has 9 nitrogen and oxygen atoms in total. The molecule has 10 heteroatoms. The lowest BCUT2D eigenvalue weighted by molar-refractivity contribution is -0.138. The average Bonchev–Trinajstić information content (AvgIpc) is 3.01. The van der Waals surface area contributed by atoms with Gasteiger partial charge in [0.25, 0.3) is 0 Å². The van der Waals surface area contributed by atoms with Crippen molar-refractivity contribution in [3.63, 3.8) is 0 Å². The maximum Gasteiger partial charge on any atom is 0.337 e. The minimum absolute atomic E-state index is 0.250. The number of nitrogens with zero attached hydrogens (tertiary/aromatic N) is 3. The highest BCUT2D eigenvalue weighted by molar-refractivity contribution is 7.99. The van der Waals surface area contributed by atoms with Crippen molar-refractivity contribution in [1.82, 2.24) is 25.5 Å². The maximum absolute atomic E-state index is 12.3. The maximum atomic E-state index is 12.3. The van der Waals surface area contributed by atoms with Crippen molar-refractivity contribution < 1.29 is 14.3 Å². The van der Waals surface area contributed by atoms with Gasteiger partial charge in [-0.1, -0.05) is 41.6 Å². The number of aromatic nitrogens is 3. The van der Waals surface area contributed by atoms with Crippen molar-refractivity contribution in [1.29, 1.82) is 0 Å². The Hall–Kier alpha value is -3.01. The Morgan fingerprint density at radius 3 is 2.71 bits per heavy atom. The molecule has 28 heavy (non-hydrogen) atoms. The lowest BCUT2D eigenvalue weighted by Crippen LogP contribution is -2.49. The minimum atomic E-state index is -0.465. The Morgan fingerprint density at radius 1 is 1.32 bits per heavy atom. The molecule has 148 valence electrons. The summed E-state index contributed by atoms with van der Waals surface area (Å²) in [6.45, 7) is 5.72. The Labute approximate surface area is 166 Å². The first-order chi connectivity index (χ1) is 13.4. The van der Waals surface area contributed by atoms with E-state index in [0.717, 1.165) is 11.1 Å². The molecule has 1 aromatic carbocycles. The molecule has 2 aromatic rings. The molecule has 0 bridgehead atoms. The van der Waals surface area contributed by atoms with Gasteiger partial charge in [-0.25, -0.2) is 14.3 Å². The Balaban J connectivity index is 1.82. The zero-order valence-electron chi connectivity index (χ0n) is 15.9. The number of amides is 2. The van der Waals surface area contributed by atoms with E-state index in [1.165, 1.54) is 16.4 Å². The van der Waals surface area contributed by atoms with E-state index < -0.39 is 12.0 Å². The highest BCUT2D eigenvalue weighted by atomic mass is 32.2. The number of urea groups is 1. The molecule has 0 fully saturated rings. The summed E-state index contributed by atoms with van der Waals surface area (Å²) in [7, 11) is 0. The van der Waals surface area contributed by atoms with E-state index in [1.54, 1.807) is 13.8 Å². The number of nitrogens with one attached hydrogen (secondary N) is 2. The van der Waals surface area contributed by atoms with Crippen LogP contribution in [0.1, 0.15) is 19.4 Å². The van der Waals surface area contributed by atoms with Gasteiger partial charge in [0.2, 0.25) is 5.16 Å². The predicted molar refractivity (Wildman–Crippen MR) is 106 cm³/mol. The van der Waals surface area contributed by atoms with Crippen molar-refractivity contribution in [3.8, 4) is 11.4 Å². The Morgan fingerprint density at radius 2 is 2.04 bits per heavy atom. The van der Waals surface area contributed by atoms with Crippen LogP contribution in [0.25, 0.3) is 11.4 Å². The molecule has 1 aliphatic heterocycles. The van der Waals surface area contributed by atoms with Crippen molar-refractivity contribution in [2.75, 3.05) is 18.2 Å². The topological polar surface area (TPSA) is 124 Å². The fourth-order valence-corrected chi connectivity index (χ4v) is 3.63. The van der Waals surface area contributed by atoms with E-state index in [-0.39, 0.29) is 18.4 Å². The first kappa shape index (κ1) is 19.7. The zero-order chi connectivity index (χ0) is 20.3. The summed E-state index contributed by atoms with van der Waals surface area (Å²) < 4.78 is 6.50. The molecule has 0 aliphatic carbocycles. The van der Waals surface area contributed by atoms with Crippen LogP contribution < -0.4 is 16.5 Å². The van der Waals surface area contributed by atoms with Gasteiger partial charge in [-0.2, -0.15) is 0 Å². The third kappa shape index (κ3) is 4.11. The summed E-state index contributed by atoms with van der Waals surface area (Å²) in [5.74, 6) is 6.50. The smallest absolute Gasteiger partial charge is 0.337 e. The van der Waals surface area contributed by atoms with Gasteiger partial charge in [0.05, 0.1) is 18.2 Å². The zero-order valence-corrected chi connectivity index (χ0v) is 16.7. The number of hydrogen-bond acceptors (Lipinski definition) is 7. The monoisotopic (exact) mass is 402 g/mol. The second kappa shape index (κ2) is 8.34. The summed E-state index contributed by atoms with van der Waals surface area (Å²) in [5.41, 5.74) is 2.84. The van der Waals surface area contributed by atoms with E-state index in [0.29, 0.717) is 22.3 Å². The number of hydrogen-bond donors (Lipinski definition) is 3. The summed E-state index contributed by atoms with van der Waals surface area (Å²) in [6.07, 6.45) is 0. The second-order valence-electron chi connectivity index (χ2n) is 6.26. The molecule has 0 radical (unpaired) electrons. The number of nitrogen functional groups attached to an aromatic ring is 1. The first-order valence-electron chi connectivity index (χ1n) is 8.78. The van der Waals surface area contributed by atoms with Crippen molar-refractivity contribution in [3.05, 3.63) is 41.1 Å². The molecule has 1 aromatic heterocycles. The Bertz CT molecular complexity index is 922. The summed E-state index contributed by atoms with van der Waals surface area (Å²) in [4.78, 5) is 24.1. The molecule has 3 rings (SSSR count). The van der Waals surface area contributed by atoms with Crippen LogP contribution in [0.4, 0.5) is 4.79 Å². The quantitative estimate of drug-likeness (QED) is 0.381. The average molecular weight is 402 g/mol. The SMILES string of the molecule is CCOC(=O)C1=C(CSc2nnc(-c3ccc(C)cc3)n2N)NC(=O)N[C@H]1C. The summed E-state index contributed by atoms with van der Waals surface area (Å²) in [5, 5.41) is 14.1. The van der Waals surface area contributed by atoms with Gasteiger partial charge in [0.15, 0.2) is 5.82 Å². The number of rotatable bonds is 6. The van der Waals surface area contributed by atoms with Crippen molar-refractivity contribution in [2.24, 2.45) is 0 Å². The summed E-state index contributed by atoms with van der Waals surface area (Å²) >= 11 is 1.27. The Kier molecular flexibility index (Phi) is 5.88. The van der Waals surface area contributed by atoms with Gasteiger partial charge in [0, 0.05) is 17.0 Å². The molecule has 2 heterocycles. The molecular weight excluding hydrogens is 380 g/mol. The van der Waals surface area contributed by atoms with Crippen LogP contribution in [0.5, 0.6) is 0 Å². The highest BCUT2D eigenvalue weighted by Gasteiger charge is 2.30. The molecule has 0 saturated carbocycles. The van der Waals surface area contributed by atoms with Gasteiger partial charge < -0.3 is 21.2 Å². The normalized spacial score (nSPS) is 16.5. The lowest BCUT2D eigenvalue weighted by atomic mass is 10.1. The number of nitrogens with two attached hydrogens (primary N) is 1. The fraction of sp³-hybridized carbons (Fsp3) is 0.333. The number of ether oxygens (including phenoxy) is 1. The van der Waals surface area contributed by atoms with E-state index in [2.05, 4.69) is 20.8 Å². The van der Waals surface area contributed by atoms with Gasteiger partial charge in [-0.05, 0) is 20.8 Å². The fourth-order valence-electron chi connectivity index (χ4n) is 2.80. The van der Waals surface area contributed by atoms with Crippen LogP contribution in [0.2, 0.25) is 0 Å². The van der Waals surface area contributed by atoms with Crippen molar-refractivity contribution in [2.45, 2.75) is 32.0 Å². The van der Waals surface area contributed by atoms with E-state index in [4.69, 9.17) is 10.6 Å². The van der Waals surface area contributed by atoms with Crippen LogP contribution in [0.15, 0.2) is 40.7 Å². The molecule has 1 atom stereocenters. The van der Waals surface area contributed by atoms with Gasteiger partial charge in [-0.15, -0.1) is 10.2 Å². The molecule has 1 aliphatic rings. The number of thioether (sulfide) groups is 1. The van der Waals surface area contributed by atoms with Crippen LogP contribution in [0.3, 0.4) is 0 Å². The molecule has 4 N–H and O–H groups in total. The molecule has 0 unspecified atom stereocenters. The molecule has 2 amide bonds. The third-order valence-electron chi connectivity index (χ3n) is 4.19. The second-order valence-corrected chi connectivity index (χ2v) is 7.21. The first-order valence-corrected chi connectivity index (χ1v) is 9.77. The lowest BCUT2D eigenvalue weighted by Gasteiger charge is -2.26. The standard InChI is InChI=1S/C18H22N6O3S/c1-4-27-16(25)14-11(3)20-17(26)21-13(14)9-28-18-23-22-15(24(18)19)12-7-5-10(2)6-8-12/h5-8,11H,4,9,19H2,1-3H3,(H2,20,21,26)/t11-/m0/s1. The van der Waals surface area contributed by atoms with Crippen LogP contribution in [-0.2, 0) is 9.53 Å². The van der Waals surface area contributed by atoms with Crippen LogP contribution >= 0.6 is 11.8 Å². The largest absolute Gasteiger partial charge is 0.463 e. The van der Waals surface area contributed by atoms with E-state index >= 15 is 0 Å². The number of carbonyl (C=O) groups is 2. The highest BCUT2D eigenvalue weighted by Crippen LogP contribution is 2.25. The van der Waals surface area contributed by atoms with E-state index in [1.807, 2.05) is 31.2 Å². The molecule has 0 saturated heterocycles. The predicted octanol–water partition coefficient (Wildman–Crippen LogP) is 1.58. The van der Waals surface area contributed by atoms with Crippen molar-refractivity contribution >= 4 is 23.8 Å². The third-order valence-corrected chi connectivity index (χ3v) is 5.15. The molecular formula is C18H22N6O3S. The van der Waals surface area contributed by atoms with Gasteiger partial charge in [0.1, 0.15) is 0 Å².